The lowest BCUT2D eigenvalue weighted by atomic mass is 10.0. The van der Waals surface area contributed by atoms with Crippen molar-refractivity contribution < 1.29 is 28.6 Å². The molecular weight excluding hydrogens is 278 g/mol. The van der Waals surface area contributed by atoms with E-state index in [0.717, 1.165) is 0 Å². The molecule has 0 aliphatic rings. The molecule has 0 radical (unpaired) electrons. The van der Waals surface area contributed by atoms with Crippen LogP contribution in [0, 0.1) is 11.8 Å². The van der Waals surface area contributed by atoms with E-state index in [0.29, 0.717) is 6.42 Å². The topological polar surface area (TPSA) is 90.9 Å². The van der Waals surface area contributed by atoms with Crippen molar-refractivity contribution >= 4 is 18.2 Å². The first-order chi connectivity index (χ1) is 9.76. The van der Waals surface area contributed by atoms with Gasteiger partial charge in [0.15, 0.2) is 0 Å². The van der Waals surface area contributed by atoms with Crippen molar-refractivity contribution in [3.63, 3.8) is 0 Å². The summed E-state index contributed by atoms with van der Waals surface area (Å²) in [5.41, 5.74) is 0. The van der Waals surface area contributed by atoms with Gasteiger partial charge in [-0.15, -0.1) is 0 Å². The quantitative estimate of drug-likeness (QED) is 0.574. The largest absolute Gasteiger partial charge is 0.516 e. The van der Waals surface area contributed by atoms with E-state index in [1.165, 1.54) is 0 Å². The van der Waals surface area contributed by atoms with Crippen LogP contribution in [0.2, 0.25) is 0 Å². The molecule has 0 aliphatic carbocycles. The summed E-state index contributed by atoms with van der Waals surface area (Å²) in [6.07, 6.45) is -1.46. The van der Waals surface area contributed by atoms with Crippen LogP contribution in [-0.2, 0) is 19.0 Å². The monoisotopic (exact) mass is 303 g/mol. The van der Waals surface area contributed by atoms with Gasteiger partial charge in [0, 0.05) is 0 Å². The summed E-state index contributed by atoms with van der Waals surface area (Å²) >= 11 is 0. The van der Waals surface area contributed by atoms with E-state index in [9.17, 15) is 14.4 Å². The van der Waals surface area contributed by atoms with Crippen LogP contribution in [0.25, 0.3) is 0 Å². The molecule has 7 nitrogen and oxygen atoms in total. The van der Waals surface area contributed by atoms with Gasteiger partial charge in [-0.3, -0.25) is 0 Å². The minimum absolute atomic E-state index is 0.121. The van der Waals surface area contributed by atoms with E-state index in [1.54, 1.807) is 6.92 Å². The van der Waals surface area contributed by atoms with Crippen molar-refractivity contribution in [3.05, 3.63) is 0 Å². The van der Waals surface area contributed by atoms with Crippen LogP contribution in [0.1, 0.15) is 41.0 Å². The molecule has 1 N–H and O–H groups in total. The molecule has 0 saturated heterocycles. The van der Waals surface area contributed by atoms with Gasteiger partial charge < -0.3 is 19.5 Å². The molecule has 21 heavy (non-hydrogen) atoms. The lowest BCUT2D eigenvalue weighted by molar-refractivity contribution is -0.142. The fraction of sp³-hybridized carbons (Fsp3) is 0.786. The number of carbonyl (C=O) groups is 3. The molecular formula is C14H25NO6. The predicted octanol–water partition coefficient (Wildman–Crippen LogP) is 2.48. The predicted molar refractivity (Wildman–Crippen MR) is 75.7 cm³/mol. The molecule has 0 aliphatic heterocycles. The second-order valence-corrected chi connectivity index (χ2v) is 5.42. The Morgan fingerprint density at radius 2 is 1.62 bits per heavy atom. The maximum Gasteiger partial charge on any atom is 0.516 e. The van der Waals surface area contributed by atoms with Crippen molar-refractivity contribution in [1.29, 1.82) is 0 Å². The molecule has 7 heteroatoms. The zero-order valence-corrected chi connectivity index (χ0v) is 13.3. The molecule has 0 fully saturated rings. The van der Waals surface area contributed by atoms with Crippen molar-refractivity contribution in [3.8, 4) is 0 Å². The van der Waals surface area contributed by atoms with Gasteiger partial charge in [-0.05, 0) is 25.2 Å². The first kappa shape index (κ1) is 19.2. The van der Waals surface area contributed by atoms with E-state index in [-0.39, 0.29) is 25.0 Å². The van der Waals surface area contributed by atoms with Gasteiger partial charge in [-0.25, -0.2) is 14.4 Å². The summed E-state index contributed by atoms with van der Waals surface area (Å²) in [5, 5.41) is 2.38. The van der Waals surface area contributed by atoms with E-state index in [2.05, 4.69) is 10.1 Å². The number of rotatable bonds is 7. The minimum atomic E-state index is -1.06. The highest BCUT2D eigenvalue weighted by atomic mass is 16.7. The number of carbonyl (C=O) groups excluding carboxylic acids is 3. The fourth-order valence-corrected chi connectivity index (χ4v) is 1.42. The molecule has 0 rings (SSSR count). The van der Waals surface area contributed by atoms with Gasteiger partial charge in [0.2, 0.25) is 0 Å². The van der Waals surface area contributed by atoms with Crippen LogP contribution in [-0.4, -0.2) is 37.5 Å². The Kier molecular flexibility index (Phi) is 9.16. The van der Waals surface area contributed by atoms with Crippen LogP contribution in [0.5, 0.6) is 0 Å². The first-order valence-corrected chi connectivity index (χ1v) is 7.07. The van der Waals surface area contributed by atoms with E-state index < -0.39 is 24.3 Å². The van der Waals surface area contributed by atoms with Gasteiger partial charge in [-0.2, -0.15) is 0 Å². The maximum absolute atomic E-state index is 11.9. The number of alkyl carbamates (subject to hydrolysis) is 1. The lowest BCUT2D eigenvalue weighted by Crippen LogP contribution is -2.43. The summed E-state index contributed by atoms with van der Waals surface area (Å²) in [5.74, 6) is -0.599. The number of hydrogen-bond acceptors (Lipinski definition) is 6. The van der Waals surface area contributed by atoms with Crippen molar-refractivity contribution in [1.82, 2.24) is 5.32 Å². The Hall–Kier alpha value is -1.79. The average molecular weight is 303 g/mol. The smallest absolute Gasteiger partial charge is 0.450 e. The molecule has 0 aromatic heterocycles. The summed E-state index contributed by atoms with van der Waals surface area (Å²) < 4.78 is 14.0. The van der Waals surface area contributed by atoms with Gasteiger partial charge in [-0.1, -0.05) is 27.7 Å². The minimum Gasteiger partial charge on any atom is -0.450 e. The number of esters is 1. The van der Waals surface area contributed by atoms with Crippen molar-refractivity contribution in [2.24, 2.45) is 11.8 Å². The number of nitrogens with one attached hydrogen (secondary N) is 1. The molecule has 0 aromatic carbocycles. The molecule has 1 amide bonds. The van der Waals surface area contributed by atoms with Crippen LogP contribution in [0.3, 0.4) is 0 Å². The van der Waals surface area contributed by atoms with Crippen molar-refractivity contribution in [2.75, 3.05) is 13.2 Å². The third kappa shape index (κ3) is 9.70. The SMILES string of the molecule is CCOC(=O)N[C@@H](CC(C)C)C(=O)OC(=O)OCC(C)C. The number of amides is 1. The second-order valence-electron chi connectivity index (χ2n) is 5.42. The van der Waals surface area contributed by atoms with Gasteiger partial charge in [0.25, 0.3) is 0 Å². The summed E-state index contributed by atoms with van der Waals surface area (Å²) in [6, 6.07) is -0.948. The summed E-state index contributed by atoms with van der Waals surface area (Å²) in [7, 11) is 0. The summed E-state index contributed by atoms with van der Waals surface area (Å²) in [6.45, 7) is 9.48. The van der Waals surface area contributed by atoms with E-state index in [4.69, 9.17) is 9.47 Å². The Labute approximate surface area is 125 Å². The number of hydrogen-bond donors (Lipinski definition) is 1. The van der Waals surface area contributed by atoms with Gasteiger partial charge in [0.05, 0.1) is 13.2 Å². The highest BCUT2D eigenvalue weighted by Crippen LogP contribution is 2.08. The first-order valence-electron chi connectivity index (χ1n) is 7.07. The van der Waals surface area contributed by atoms with E-state index >= 15 is 0 Å². The highest BCUT2D eigenvalue weighted by Gasteiger charge is 2.26. The molecule has 0 unspecified atom stereocenters. The molecule has 0 spiro atoms. The average Bonchev–Trinajstić information content (AvgIpc) is 2.35. The van der Waals surface area contributed by atoms with Gasteiger partial charge >= 0.3 is 18.2 Å². The molecule has 0 saturated carbocycles. The van der Waals surface area contributed by atoms with E-state index in [1.807, 2.05) is 27.7 Å². The standard InChI is InChI=1S/C14H25NO6/c1-6-19-13(17)15-11(7-9(2)3)12(16)21-14(18)20-8-10(4)5/h9-11H,6-8H2,1-5H3,(H,15,17)/t11-/m0/s1. The highest BCUT2D eigenvalue weighted by molar-refractivity contribution is 5.88. The maximum atomic E-state index is 11.9. The Bertz CT molecular complexity index is 353. The molecule has 0 heterocycles. The molecule has 0 aromatic rings. The van der Waals surface area contributed by atoms with Crippen LogP contribution in [0.4, 0.5) is 9.59 Å². The Balaban J connectivity index is 4.49. The van der Waals surface area contributed by atoms with Crippen LogP contribution < -0.4 is 5.32 Å². The van der Waals surface area contributed by atoms with Crippen LogP contribution >= 0.6 is 0 Å². The Morgan fingerprint density at radius 3 is 2.10 bits per heavy atom. The fourth-order valence-electron chi connectivity index (χ4n) is 1.42. The zero-order valence-electron chi connectivity index (χ0n) is 13.3. The molecule has 0 bridgehead atoms. The molecule has 122 valence electrons. The lowest BCUT2D eigenvalue weighted by Gasteiger charge is -2.18. The number of ether oxygens (including phenoxy) is 3. The molecule has 1 atom stereocenters. The zero-order chi connectivity index (χ0) is 16.4. The Morgan fingerprint density at radius 1 is 1.00 bits per heavy atom. The second kappa shape index (κ2) is 10.0. The van der Waals surface area contributed by atoms with Gasteiger partial charge in [0.1, 0.15) is 6.04 Å². The van der Waals surface area contributed by atoms with Crippen LogP contribution in [0.15, 0.2) is 0 Å². The normalized spacial score (nSPS) is 12.0. The van der Waals surface area contributed by atoms with Crippen molar-refractivity contribution in [2.45, 2.75) is 47.1 Å². The third-order valence-corrected chi connectivity index (χ3v) is 2.28. The summed E-state index contributed by atoms with van der Waals surface area (Å²) in [4.78, 5) is 34.6. The third-order valence-electron chi connectivity index (χ3n) is 2.28.